The molecular formula is C11H13BrO2. The lowest BCUT2D eigenvalue weighted by atomic mass is 10.0. The maximum absolute atomic E-state index is 11.2. The molecular weight excluding hydrogens is 244 g/mol. The van der Waals surface area contributed by atoms with Crippen LogP contribution in [0.3, 0.4) is 0 Å². The molecule has 0 fully saturated rings. The minimum absolute atomic E-state index is 0.0224. The maximum atomic E-state index is 11.2. The van der Waals surface area contributed by atoms with Crippen LogP contribution in [0.5, 0.6) is 0 Å². The van der Waals surface area contributed by atoms with Crippen molar-refractivity contribution in [1.29, 1.82) is 0 Å². The molecule has 0 heterocycles. The topological polar surface area (TPSA) is 26.3 Å². The van der Waals surface area contributed by atoms with E-state index in [4.69, 9.17) is 4.74 Å². The number of benzene rings is 1. The number of carbonyl (C=O) groups is 1. The third-order valence-electron chi connectivity index (χ3n) is 2.09. The first kappa shape index (κ1) is 11.4. The summed E-state index contributed by atoms with van der Waals surface area (Å²) in [5.41, 5.74) is 2.01. The second-order valence-corrected chi connectivity index (χ2v) is 4.09. The van der Waals surface area contributed by atoms with E-state index in [2.05, 4.69) is 15.9 Å². The maximum Gasteiger partial charge on any atom is 0.163 e. The van der Waals surface area contributed by atoms with E-state index in [-0.39, 0.29) is 5.78 Å². The van der Waals surface area contributed by atoms with Crippen molar-refractivity contribution in [2.45, 2.75) is 20.0 Å². The Morgan fingerprint density at radius 2 is 2.14 bits per heavy atom. The number of methoxy groups -OCH3 is 1. The smallest absolute Gasteiger partial charge is 0.163 e. The average Bonchev–Trinajstić information content (AvgIpc) is 2.11. The Morgan fingerprint density at radius 3 is 2.57 bits per heavy atom. The highest BCUT2D eigenvalue weighted by molar-refractivity contribution is 9.10. The monoisotopic (exact) mass is 256 g/mol. The minimum atomic E-state index is -0.443. The number of hydrogen-bond donors (Lipinski definition) is 0. The summed E-state index contributed by atoms with van der Waals surface area (Å²) in [5, 5.41) is 0. The minimum Gasteiger partial charge on any atom is -0.369 e. The number of halogens is 1. The second kappa shape index (κ2) is 4.71. The van der Waals surface area contributed by atoms with Crippen molar-refractivity contribution in [2.75, 3.05) is 7.11 Å². The molecule has 0 amide bonds. The Labute approximate surface area is 92.4 Å². The van der Waals surface area contributed by atoms with Crippen LogP contribution in [0.25, 0.3) is 0 Å². The molecule has 14 heavy (non-hydrogen) atoms. The molecule has 0 aromatic heterocycles. The number of carbonyl (C=O) groups excluding carboxylic acids is 1. The number of Topliss-reactive ketones (excluding diaryl/α,β-unsaturated/α-hetero) is 1. The predicted molar refractivity (Wildman–Crippen MR) is 59.3 cm³/mol. The van der Waals surface area contributed by atoms with Crippen molar-refractivity contribution in [3.63, 3.8) is 0 Å². The van der Waals surface area contributed by atoms with Crippen LogP contribution in [-0.2, 0) is 9.53 Å². The lowest BCUT2D eigenvalue weighted by molar-refractivity contribution is -0.126. The summed E-state index contributed by atoms with van der Waals surface area (Å²) < 4.78 is 6.17. The van der Waals surface area contributed by atoms with Crippen LogP contribution in [0.4, 0.5) is 0 Å². The van der Waals surface area contributed by atoms with Crippen molar-refractivity contribution in [3.05, 3.63) is 33.8 Å². The van der Waals surface area contributed by atoms with E-state index in [1.807, 2.05) is 25.1 Å². The molecule has 1 unspecified atom stereocenters. The zero-order chi connectivity index (χ0) is 10.7. The Hall–Kier alpha value is -0.670. The van der Waals surface area contributed by atoms with Gasteiger partial charge in [0.05, 0.1) is 0 Å². The van der Waals surface area contributed by atoms with E-state index >= 15 is 0 Å². The quantitative estimate of drug-likeness (QED) is 0.831. The zero-order valence-corrected chi connectivity index (χ0v) is 10.1. The van der Waals surface area contributed by atoms with Gasteiger partial charge in [0.1, 0.15) is 6.10 Å². The molecule has 0 saturated heterocycles. The van der Waals surface area contributed by atoms with Gasteiger partial charge < -0.3 is 4.74 Å². The molecule has 0 bridgehead atoms. The van der Waals surface area contributed by atoms with Gasteiger partial charge in [-0.1, -0.05) is 28.1 Å². The van der Waals surface area contributed by atoms with Crippen LogP contribution in [-0.4, -0.2) is 12.9 Å². The molecule has 0 aliphatic rings. The van der Waals surface area contributed by atoms with E-state index in [1.165, 1.54) is 6.92 Å². The summed E-state index contributed by atoms with van der Waals surface area (Å²) in [7, 11) is 1.55. The average molecular weight is 257 g/mol. The first-order valence-electron chi connectivity index (χ1n) is 4.35. The Kier molecular flexibility index (Phi) is 3.84. The van der Waals surface area contributed by atoms with Crippen LogP contribution in [0, 0.1) is 6.92 Å². The van der Waals surface area contributed by atoms with Crippen molar-refractivity contribution < 1.29 is 9.53 Å². The van der Waals surface area contributed by atoms with Gasteiger partial charge in [0, 0.05) is 11.6 Å². The van der Waals surface area contributed by atoms with Crippen LogP contribution in [0.1, 0.15) is 24.2 Å². The molecule has 3 heteroatoms. The lowest BCUT2D eigenvalue weighted by Gasteiger charge is -2.13. The first-order chi connectivity index (χ1) is 6.56. The van der Waals surface area contributed by atoms with Gasteiger partial charge in [0.15, 0.2) is 5.78 Å². The normalized spacial score (nSPS) is 12.6. The standard InChI is InChI=1S/C11H13BrO2/c1-7-6-9(4-5-10(7)12)11(14-3)8(2)13/h4-6,11H,1-3H3. The lowest BCUT2D eigenvalue weighted by Crippen LogP contribution is -2.10. The summed E-state index contributed by atoms with van der Waals surface area (Å²) >= 11 is 3.41. The molecule has 0 spiro atoms. The van der Waals surface area contributed by atoms with Crippen molar-refractivity contribution >= 4 is 21.7 Å². The number of hydrogen-bond acceptors (Lipinski definition) is 2. The molecule has 0 aliphatic carbocycles. The SMILES string of the molecule is COC(C(C)=O)c1ccc(Br)c(C)c1. The van der Waals surface area contributed by atoms with E-state index < -0.39 is 6.10 Å². The fraction of sp³-hybridized carbons (Fsp3) is 0.364. The van der Waals surface area contributed by atoms with Gasteiger partial charge in [-0.05, 0) is 31.0 Å². The second-order valence-electron chi connectivity index (χ2n) is 3.24. The van der Waals surface area contributed by atoms with Crippen LogP contribution in [0.15, 0.2) is 22.7 Å². The number of ether oxygens (including phenoxy) is 1. The van der Waals surface area contributed by atoms with E-state index in [1.54, 1.807) is 7.11 Å². The molecule has 1 atom stereocenters. The largest absolute Gasteiger partial charge is 0.369 e. The Bertz CT molecular complexity index is 347. The van der Waals surface area contributed by atoms with Gasteiger partial charge in [0.2, 0.25) is 0 Å². The van der Waals surface area contributed by atoms with Crippen molar-refractivity contribution in [3.8, 4) is 0 Å². The molecule has 1 rings (SSSR count). The first-order valence-corrected chi connectivity index (χ1v) is 5.15. The molecule has 0 radical (unpaired) electrons. The van der Waals surface area contributed by atoms with Gasteiger partial charge in [-0.15, -0.1) is 0 Å². The van der Waals surface area contributed by atoms with E-state index in [0.29, 0.717) is 0 Å². The van der Waals surface area contributed by atoms with Gasteiger partial charge in [0.25, 0.3) is 0 Å². The van der Waals surface area contributed by atoms with Crippen molar-refractivity contribution in [2.24, 2.45) is 0 Å². The summed E-state index contributed by atoms with van der Waals surface area (Å²) in [6, 6.07) is 5.78. The third-order valence-corrected chi connectivity index (χ3v) is 2.98. The van der Waals surface area contributed by atoms with Crippen LogP contribution in [0.2, 0.25) is 0 Å². The number of rotatable bonds is 3. The highest BCUT2D eigenvalue weighted by atomic mass is 79.9. The highest BCUT2D eigenvalue weighted by Gasteiger charge is 2.15. The Morgan fingerprint density at radius 1 is 1.50 bits per heavy atom. The molecule has 76 valence electrons. The fourth-order valence-corrected chi connectivity index (χ4v) is 1.61. The van der Waals surface area contributed by atoms with E-state index in [9.17, 15) is 4.79 Å². The molecule has 0 N–H and O–H groups in total. The molecule has 1 aromatic carbocycles. The molecule has 0 saturated carbocycles. The molecule has 2 nitrogen and oxygen atoms in total. The summed E-state index contributed by atoms with van der Waals surface area (Å²) in [5.74, 6) is 0.0224. The Balaban J connectivity index is 3.06. The summed E-state index contributed by atoms with van der Waals surface area (Å²) in [4.78, 5) is 11.2. The van der Waals surface area contributed by atoms with E-state index in [0.717, 1.165) is 15.6 Å². The number of ketones is 1. The van der Waals surface area contributed by atoms with Crippen molar-refractivity contribution in [1.82, 2.24) is 0 Å². The number of aryl methyl sites for hydroxylation is 1. The predicted octanol–water partition coefficient (Wildman–Crippen LogP) is 3.03. The molecule has 1 aromatic rings. The summed E-state index contributed by atoms with van der Waals surface area (Å²) in [6.45, 7) is 3.52. The van der Waals surface area contributed by atoms with Gasteiger partial charge in [-0.2, -0.15) is 0 Å². The van der Waals surface area contributed by atoms with Gasteiger partial charge in [-0.3, -0.25) is 4.79 Å². The highest BCUT2D eigenvalue weighted by Crippen LogP contribution is 2.23. The van der Waals surface area contributed by atoms with Crippen LogP contribution >= 0.6 is 15.9 Å². The third kappa shape index (κ3) is 2.42. The zero-order valence-electron chi connectivity index (χ0n) is 8.50. The van der Waals surface area contributed by atoms with Gasteiger partial charge >= 0.3 is 0 Å². The summed E-state index contributed by atoms with van der Waals surface area (Å²) in [6.07, 6.45) is -0.443. The van der Waals surface area contributed by atoms with Gasteiger partial charge in [-0.25, -0.2) is 0 Å². The molecule has 0 aliphatic heterocycles. The van der Waals surface area contributed by atoms with Crippen LogP contribution < -0.4 is 0 Å². The fourth-order valence-electron chi connectivity index (χ4n) is 1.37.